The van der Waals surface area contributed by atoms with Gasteiger partial charge in [0.15, 0.2) is 21.4 Å². The molecule has 136 valence electrons. The molecule has 1 aliphatic rings. The van der Waals surface area contributed by atoms with Crippen molar-refractivity contribution in [1.82, 2.24) is 0 Å². The molecule has 1 saturated carbocycles. The maximum Gasteiger partial charge on any atom is 0.165 e. The Morgan fingerprint density at radius 2 is 2.00 bits per heavy atom. The molecule has 1 aromatic rings. The number of hydrogen-bond donors (Lipinski definition) is 0. The summed E-state index contributed by atoms with van der Waals surface area (Å²) in [6, 6.07) is 4.78. The molecule has 24 heavy (non-hydrogen) atoms. The highest BCUT2D eigenvalue weighted by atomic mass is 32.2. The molecule has 1 atom stereocenters. The first-order valence-electron chi connectivity index (χ1n) is 8.95. The van der Waals surface area contributed by atoms with Crippen LogP contribution in [0, 0.1) is 17.7 Å². The molecule has 0 aromatic heterocycles. The third-order valence-corrected chi connectivity index (χ3v) is 6.38. The maximum absolute atomic E-state index is 14.0. The minimum atomic E-state index is -3.11. The van der Waals surface area contributed by atoms with Gasteiger partial charge in [-0.1, -0.05) is 33.3 Å². The van der Waals surface area contributed by atoms with Crippen molar-refractivity contribution in [2.75, 3.05) is 18.1 Å². The van der Waals surface area contributed by atoms with Crippen LogP contribution in [0.4, 0.5) is 4.39 Å². The van der Waals surface area contributed by atoms with Crippen molar-refractivity contribution in [3.63, 3.8) is 0 Å². The van der Waals surface area contributed by atoms with E-state index in [1.807, 2.05) is 20.8 Å². The van der Waals surface area contributed by atoms with Crippen LogP contribution in [0.5, 0.6) is 5.75 Å². The summed E-state index contributed by atoms with van der Waals surface area (Å²) in [5.41, 5.74) is 0.845. The summed E-state index contributed by atoms with van der Waals surface area (Å²) in [7, 11) is -3.11. The third-order valence-electron chi connectivity index (χ3n) is 4.60. The zero-order valence-corrected chi connectivity index (χ0v) is 15.7. The van der Waals surface area contributed by atoms with Crippen LogP contribution in [0.25, 0.3) is 0 Å². The zero-order valence-electron chi connectivity index (χ0n) is 14.9. The van der Waals surface area contributed by atoms with Gasteiger partial charge in [-0.3, -0.25) is 0 Å². The lowest BCUT2D eigenvalue weighted by atomic mass is 9.90. The molecule has 1 fully saturated rings. The maximum atomic E-state index is 14.0. The Morgan fingerprint density at radius 1 is 1.29 bits per heavy atom. The van der Waals surface area contributed by atoms with E-state index >= 15 is 0 Å². The lowest BCUT2D eigenvalue weighted by Crippen LogP contribution is -2.21. The summed E-state index contributed by atoms with van der Waals surface area (Å²) in [4.78, 5) is 0. The highest BCUT2D eigenvalue weighted by Gasteiger charge is 2.26. The Bertz CT molecular complexity index is 636. The second kappa shape index (κ2) is 8.32. The van der Waals surface area contributed by atoms with Crippen molar-refractivity contribution < 1.29 is 17.5 Å². The van der Waals surface area contributed by atoms with E-state index in [0.29, 0.717) is 18.9 Å². The number of unbranched alkanes of at least 4 members (excludes halogenated alkanes) is 1. The van der Waals surface area contributed by atoms with E-state index in [0.717, 1.165) is 24.8 Å². The second-order valence-corrected chi connectivity index (χ2v) is 9.49. The molecule has 0 heterocycles. The SMILES string of the molecule is CCCCS(=O)(=O)CC(c1ccc(F)c(OCC2CC2)c1)C(C)C. The minimum Gasteiger partial charge on any atom is -0.490 e. The first-order chi connectivity index (χ1) is 11.3. The fourth-order valence-corrected chi connectivity index (χ4v) is 4.77. The van der Waals surface area contributed by atoms with E-state index < -0.39 is 9.84 Å². The number of benzene rings is 1. The molecule has 2 rings (SSSR count). The van der Waals surface area contributed by atoms with Crippen LogP contribution in [0.3, 0.4) is 0 Å². The van der Waals surface area contributed by atoms with Gasteiger partial charge < -0.3 is 4.74 Å². The summed E-state index contributed by atoms with van der Waals surface area (Å²) in [5.74, 6) is 0.756. The predicted octanol–water partition coefficient (Wildman–Crippen LogP) is 4.57. The summed E-state index contributed by atoms with van der Waals surface area (Å²) >= 11 is 0. The van der Waals surface area contributed by atoms with Crippen LogP contribution in [-0.4, -0.2) is 26.5 Å². The van der Waals surface area contributed by atoms with Gasteiger partial charge >= 0.3 is 0 Å². The van der Waals surface area contributed by atoms with Crippen molar-refractivity contribution >= 4 is 9.84 Å². The van der Waals surface area contributed by atoms with Crippen LogP contribution < -0.4 is 4.74 Å². The van der Waals surface area contributed by atoms with Gasteiger partial charge in [0.1, 0.15) is 0 Å². The summed E-state index contributed by atoms with van der Waals surface area (Å²) in [5, 5.41) is 0. The Labute approximate surface area is 145 Å². The molecule has 0 amide bonds. The predicted molar refractivity (Wildman–Crippen MR) is 95.8 cm³/mol. The average molecular weight is 357 g/mol. The number of rotatable bonds is 10. The highest BCUT2D eigenvalue weighted by molar-refractivity contribution is 7.91. The van der Waals surface area contributed by atoms with Gasteiger partial charge in [-0.15, -0.1) is 0 Å². The monoisotopic (exact) mass is 356 g/mol. The van der Waals surface area contributed by atoms with Gasteiger partial charge in [0.05, 0.1) is 18.1 Å². The molecule has 1 unspecified atom stereocenters. The first-order valence-corrected chi connectivity index (χ1v) is 10.8. The molecular weight excluding hydrogens is 327 g/mol. The van der Waals surface area contributed by atoms with Gasteiger partial charge in [0.2, 0.25) is 0 Å². The van der Waals surface area contributed by atoms with Gasteiger partial charge in [0, 0.05) is 5.92 Å². The molecule has 3 nitrogen and oxygen atoms in total. The normalized spacial score (nSPS) is 16.4. The van der Waals surface area contributed by atoms with Crippen LogP contribution >= 0.6 is 0 Å². The Balaban J connectivity index is 2.15. The van der Waals surface area contributed by atoms with E-state index in [9.17, 15) is 12.8 Å². The lowest BCUT2D eigenvalue weighted by molar-refractivity contribution is 0.284. The van der Waals surface area contributed by atoms with Crippen LogP contribution in [-0.2, 0) is 9.84 Å². The average Bonchev–Trinajstić information content (AvgIpc) is 3.34. The van der Waals surface area contributed by atoms with Gasteiger partial charge in [-0.25, -0.2) is 12.8 Å². The molecule has 1 aromatic carbocycles. The van der Waals surface area contributed by atoms with E-state index in [-0.39, 0.29) is 34.9 Å². The van der Waals surface area contributed by atoms with E-state index in [1.165, 1.54) is 6.07 Å². The minimum absolute atomic E-state index is 0.109. The number of hydrogen-bond acceptors (Lipinski definition) is 3. The third kappa shape index (κ3) is 5.76. The van der Waals surface area contributed by atoms with Gasteiger partial charge in [-0.2, -0.15) is 0 Å². The van der Waals surface area contributed by atoms with E-state index in [4.69, 9.17) is 4.74 Å². The molecule has 5 heteroatoms. The molecular formula is C19H29FO3S. The molecule has 0 radical (unpaired) electrons. The van der Waals surface area contributed by atoms with E-state index in [1.54, 1.807) is 12.1 Å². The summed E-state index contributed by atoms with van der Waals surface area (Å²) in [6.07, 6.45) is 3.84. The van der Waals surface area contributed by atoms with Crippen molar-refractivity contribution in [2.24, 2.45) is 11.8 Å². The van der Waals surface area contributed by atoms with Crippen LogP contribution in [0.2, 0.25) is 0 Å². The van der Waals surface area contributed by atoms with Crippen LogP contribution in [0.1, 0.15) is 57.9 Å². The first kappa shape index (κ1) is 19.2. The van der Waals surface area contributed by atoms with Crippen molar-refractivity contribution in [3.8, 4) is 5.75 Å². The van der Waals surface area contributed by atoms with Crippen LogP contribution in [0.15, 0.2) is 18.2 Å². The van der Waals surface area contributed by atoms with Gasteiger partial charge in [0.25, 0.3) is 0 Å². The van der Waals surface area contributed by atoms with E-state index in [2.05, 4.69) is 0 Å². The topological polar surface area (TPSA) is 43.4 Å². The Hall–Kier alpha value is -1.10. The standard InChI is InChI=1S/C19H29FO3S/c1-4-5-10-24(21,22)13-17(14(2)3)16-8-9-18(20)19(11-16)23-12-15-6-7-15/h8-9,11,14-15,17H,4-7,10,12-13H2,1-3H3. The quantitative estimate of drug-likeness (QED) is 0.617. The molecule has 1 aliphatic carbocycles. The fourth-order valence-electron chi connectivity index (χ4n) is 2.75. The van der Waals surface area contributed by atoms with Crippen molar-refractivity contribution in [2.45, 2.75) is 52.4 Å². The fraction of sp³-hybridized carbons (Fsp3) is 0.684. The number of halogens is 1. The molecule has 0 bridgehead atoms. The van der Waals surface area contributed by atoms with Crippen molar-refractivity contribution in [1.29, 1.82) is 0 Å². The Morgan fingerprint density at radius 3 is 2.58 bits per heavy atom. The number of ether oxygens (including phenoxy) is 1. The molecule has 0 saturated heterocycles. The summed E-state index contributed by atoms with van der Waals surface area (Å²) < 4.78 is 44.3. The largest absolute Gasteiger partial charge is 0.490 e. The zero-order chi connectivity index (χ0) is 17.7. The lowest BCUT2D eigenvalue weighted by Gasteiger charge is -2.22. The molecule has 0 N–H and O–H groups in total. The second-order valence-electron chi connectivity index (χ2n) is 7.26. The number of sulfone groups is 1. The molecule has 0 spiro atoms. The smallest absolute Gasteiger partial charge is 0.165 e. The summed E-state index contributed by atoms with van der Waals surface area (Å²) in [6.45, 7) is 6.54. The molecule has 0 aliphatic heterocycles. The van der Waals surface area contributed by atoms with Gasteiger partial charge in [-0.05, 0) is 48.8 Å². The highest BCUT2D eigenvalue weighted by Crippen LogP contribution is 2.33. The Kier molecular flexibility index (Phi) is 6.67. The van der Waals surface area contributed by atoms with Crippen molar-refractivity contribution in [3.05, 3.63) is 29.6 Å².